The van der Waals surface area contributed by atoms with Crippen molar-refractivity contribution in [3.63, 3.8) is 0 Å². The smallest absolute Gasteiger partial charge is 0.230 e. The molecule has 6 heteroatoms. The highest BCUT2D eigenvalue weighted by molar-refractivity contribution is 7.99. The van der Waals surface area contributed by atoms with Gasteiger partial charge >= 0.3 is 0 Å². The van der Waals surface area contributed by atoms with Crippen LogP contribution in [0, 0.1) is 5.82 Å². The molecule has 1 amide bonds. The summed E-state index contributed by atoms with van der Waals surface area (Å²) in [6, 6.07) is 5.10. The first kappa shape index (κ1) is 18.1. The summed E-state index contributed by atoms with van der Waals surface area (Å²) in [5.41, 5.74) is 1.34. The Bertz CT molecular complexity index is 519. The molecule has 1 aliphatic rings. The van der Waals surface area contributed by atoms with Gasteiger partial charge in [0, 0.05) is 19.6 Å². The number of hydrogen-bond donors (Lipinski definition) is 2. The third-order valence-corrected chi connectivity index (χ3v) is 5.05. The number of anilines is 1. The number of nitrogens with one attached hydrogen (secondary N) is 1. The van der Waals surface area contributed by atoms with Crippen LogP contribution in [0.3, 0.4) is 0 Å². The van der Waals surface area contributed by atoms with Gasteiger partial charge in [-0.05, 0) is 42.7 Å². The quantitative estimate of drug-likeness (QED) is 0.749. The maximum absolute atomic E-state index is 14.3. The third-order valence-electron chi connectivity index (χ3n) is 3.89. The van der Waals surface area contributed by atoms with Crippen molar-refractivity contribution in [1.29, 1.82) is 0 Å². The van der Waals surface area contributed by atoms with E-state index in [1.54, 1.807) is 17.8 Å². The molecule has 0 bridgehead atoms. The molecule has 0 aliphatic carbocycles. The molecule has 1 aliphatic heterocycles. The molecule has 0 saturated carbocycles. The minimum absolute atomic E-state index is 0.0158. The van der Waals surface area contributed by atoms with Crippen molar-refractivity contribution in [1.82, 2.24) is 5.32 Å². The van der Waals surface area contributed by atoms with Crippen LogP contribution >= 0.6 is 11.8 Å². The van der Waals surface area contributed by atoms with Crippen LogP contribution in [0.4, 0.5) is 10.1 Å². The highest BCUT2D eigenvalue weighted by Gasteiger charge is 2.19. The Kier molecular flexibility index (Phi) is 7.17. The Morgan fingerprint density at radius 1 is 1.43 bits per heavy atom. The minimum Gasteiger partial charge on any atom is -0.393 e. The standard InChI is InChI=1S/C17H25FN2O2S/c1-2-9-23-12-17(22)19-11-13-3-4-16(15(18)10-13)20-7-5-14(21)6-8-20/h3-4,10,14,21H,2,5-9,11-12H2,1H3,(H,19,22). The number of carbonyl (C=O) groups is 1. The van der Waals surface area contributed by atoms with E-state index in [2.05, 4.69) is 12.2 Å². The van der Waals surface area contributed by atoms with E-state index in [9.17, 15) is 14.3 Å². The Balaban J connectivity index is 1.85. The number of amides is 1. The lowest BCUT2D eigenvalue weighted by Crippen LogP contribution is -2.36. The Morgan fingerprint density at radius 3 is 2.83 bits per heavy atom. The van der Waals surface area contributed by atoms with E-state index in [4.69, 9.17) is 0 Å². The average molecular weight is 340 g/mol. The van der Waals surface area contributed by atoms with E-state index >= 15 is 0 Å². The molecule has 4 nitrogen and oxygen atoms in total. The average Bonchev–Trinajstić information content (AvgIpc) is 2.54. The van der Waals surface area contributed by atoms with Gasteiger partial charge in [-0.1, -0.05) is 13.0 Å². The van der Waals surface area contributed by atoms with Crippen LogP contribution in [0.5, 0.6) is 0 Å². The summed E-state index contributed by atoms with van der Waals surface area (Å²) in [5, 5.41) is 12.3. The monoisotopic (exact) mass is 340 g/mol. The van der Waals surface area contributed by atoms with Crippen LogP contribution in [0.1, 0.15) is 31.7 Å². The minimum atomic E-state index is -0.270. The number of hydrogen-bond acceptors (Lipinski definition) is 4. The van der Waals surface area contributed by atoms with E-state index in [-0.39, 0.29) is 17.8 Å². The summed E-state index contributed by atoms with van der Waals surface area (Å²) in [5.74, 6) is 1.14. The number of benzene rings is 1. The highest BCUT2D eigenvalue weighted by Crippen LogP contribution is 2.24. The van der Waals surface area contributed by atoms with E-state index in [1.807, 2.05) is 11.0 Å². The van der Waals surface area contributed by atoms with Crippen LogP contribution in [0.2, 0.25) is 0 Å². The molecule has 128 valence electrons. The molecule has 0 radical (unpaired) electrons. The number of halogens is 1. The summed E-state index contributed by atoms with van der Waals surface area (Å²) in [4.78, 5) is 13.6. The number of rotatable bonds is 7. The molecular weight excluding hydrogens is 315 g/mol. The van der Waals surface area contributed by atoms with Crippen molar-refractivity contribution in [3.8, 4) is 0 Å². The lowest BCUT2D eigenvalue weighted by atomic mass is 10.1. The van der Waals surface area contributed by atoms with Crippen molar-refractivity contribution >= 4 is 23.4 Å². The molecule has 1 heterocycles. The first-order chi connectivity index (χ1) is 11.1. The van der Waals surface area contributed by atoms with Gasteiger partial charge in [0.2, 0.25) is 5.91 Å². The van der Waals surface area contributed by atoms with Crippen LogP contribution in [-0.4, -0.2) is 41.7 Å². The SMILES string of the molecule is CCCSCC(=O)NCc1ccc(N2CCC(O)CC2)c(F)c1. The third kappa shape index (κ3) is 5.70. The number of piperidine rings is 1. The van der Waals surface area contributed by atoms with Crippen molar-refractivity contribution in [2.45, 2.75) is 38.8 Å². The molecule has 1 fully saturated rings. The number of carbonyl (C=O) groups excluding carboxylic acids is 1. The summed E-state index contributed by atoms with van der Waals surface area (Å²) in [7, 11) is 0. The van der Waals surface area contributed by atoms with E-state index in [0.717, 1.165) is 17.7 Å². The largest absolute Gasteiger partial charge is 0.393 e. The highest BCUT2D eigenvalue weighted by atomic mass is 32.2. The van der Waals surface area contributed by atoms with Crippen molar-refractivity contribution in [2.24, 2.45) is 0 Å². The maximum Gasteiger partial charge on any atom is 0.230 e. The van der Waals surface area contributed by atoms with Crippen LogP contribution in [0.15, 0.2) is 18.2 Å². The number of aliphatic hydroxyl groups is 1. The molecule has 23 heavy (non-hydrogen) atoms. The second-order valence-electron chi connectivity index (χ2n) is 5.83. The molecular formula is C17H25FN2O2S. The zero-order chi connectivity index (χ0) is 16.7. The molecule has 0 spiro atoms. The van der Waals surface area contributed by atoms with Gasteiger partial charge in [0.25, 0.3) is 0 Å². The number of thioether (sulfide) groups is 1. The van der Waals surface area contributed by atoms with Gasteiger partial charge < -0.3 is 15.3 Å². The fraction of sp³-hybridized carbons (Fsp3) is 0.588. The molecule has 1 saturated heterocycles. The van der Waals surface area contributed by atoms with Crippen LogP contribution < -0.4 is 10.2 Å². The molecule has 1 aromatic carbocycles. The number of aliphatic hydroxyl groups excluding tert-OH is 1. The molecule has 1 aromatic rings. The normalized spacial score (nSPS) is 15.7. The summed E-state index contributed by atoms with van der Waals surface area (Å²) >= 11 is 1.61. The fourth-order valence-corrected chi connectivity index (χ4v) is 3.30. The summed E-state index contributed by atoms with van der Waals surface area (Å²) in [6.45, 7) is 3.77. The fourth-order valence-electron chi connectivity index (χ4n) is 2.58. The van der Waals surface area contributed by atoms with Gasteiger partial charge in [-0.2, -0.15) is 11.8 Å². The second-order valence-corrected chi connectivity index (χ2v) is 6.94. The van der Waals surface area contributed by atoms with Gasteiger partial charge in [-0.15, -0.1) is 0 Å². The van der Waals surface area contributed by atoms with E-state index < -0.39 is 0 Å². The van der Waals surface area contributed by atoms with Crippen molar-refractivity contribution in [2.75, 3.05) is 29.5 Å². The summed E-state index contributed by atoms with van der Waals surface area (Å²) < 4.78 is 14.3. The van der Waals surface area contributed by atoms with Gasteiger partial charge in [0.15, 0.2) is 0 Å². The zero-order valence-electron chi connectivity index (χ0n) is 13.6. The lowest BCUT2D eigenvalue weighted by molar-refractivity contribution is -0.118. The van der Waals surface area contributed by atoms with Gasteiger partial charge in [-0.25, -0.2) is 4.39 Å². The second kappa shape index (κ2) is 9.13. The predicted octanol–water partition coefficient (Wildman–Crippen LogP) is 2.55. The lowest BCUT2D eigenvalue weighted by Gasteiger charge is -2.31. The molecule has 0 aromatic heterocycles. The maximum atomic E-state index is 14.3. The summed E-state index contributed by atoms with van der Waals surface area (Å²) in [6.07, 6.45) is 2.13. The van der Waals surface area contributed by atoms with Gasteiger partial charge in [0.05, 0.1) is 17.5 Å². The van der Waals surface area contributed by atoms with E-state index in [0.29, 0.717) is 43.9 Å². The van der Waals surface area contributed by atoms with Gasteiger partial charge in [-0.3, -0.25) is 4.79 Å². The Labute approximate surface area is 141 Å². The molecule has 2 N–H and O–H groups in total. The van der Waals surface area contributed by atoms with E-state index in [1.165, 1.54) is 6.07 Å². The molecule has 2 rings (SSSR count). The topological polar surface area (TPSA) is 52.6 Å². The van der Waals surface area contributed by atoms with Crippen molar-refractivity contribution in [3.05, 3.63) is 29.6 Å². The van der Waals surface area contributed by atoms with Crippen LogP contribution in [-0.2, 0) is 11.3 Å². The van der Waals surface area contributed by atoms with Gasteiger partial charge in [0.1, 0.15) is 5.82 Å². The number of nitrogens with zero attached hydrogens (tertiary/aromatic N) is 1. The Morgan fingerprint density at radius 2 is 2.17 bits per heavy atom. The first-order valence-corrected chi connectivity index (χ1v) is 9.31. The zero-order valence-corrected chi connectivity index (χ0v) is 14.4. The molecule has 0 atom stereocenters. The van der Waals surface area contributed by atoms with Crippen LogP contribution in [0.25, 0.3) is 0 Å². The first-order valence-electron chi connectivity index (χ1n) is 8.16. The molecule has 0 unspecified atom stereocenters. The Hall–Kier alpha value is -1.27. The predicted molar refractivity (Wildman–Crippen MR) is 93.3 cm³/mol. The van der Waals surface area contributed by atoms with Crippen molar-refractivity contribution < 1.29 is 14.3 Å².